The third-order valence-electron chi connectivity index (χ3n) is 2.15. The molecule has 1 N–H and O–H groups in total. The maximum absolute atomic E-state index is 13.2. The first-order chi connectivity index (χ1) is 8.25. The first kappa shape index (κ1) is 11.3. The fourth-order valence-corrected chi connectivity index (χ4v) is 1.28. The zero-order valence-electron chi connectivity index (χ0n) is 8.90. The van der Waals surface area contributed by atoms with Gasteiger partial charge in [0.25, 0.3) is 0 Å². The van der Waals surface area contributed by atoms with E-state index in [0.717, 1.165) is 0 Å². The largest absolute Gasteiger partial charge is 0.278 e. The Balaban J connectivity index is 2.03. The summed E-state index contributed by atoms with van der Waals surface area (Å²) in [5.41, 5.74) is 3.71. The fraction of sp³-hybridized carbons (Fsp3) is 0. The summed E-state index contributed by atoms with van der Waals surface area (Å²) in [5.74, 6) is -0.647. The minimum Gasteiger partial charge on any atom is -0.278 e. The van der Waals surface area contributed by atoms with Crippen molar-refractivity contribution < 1.29 is 8.78 Å². The quantitative estimate of drug-likeness (QED) is 0.636. The molecule has 0 aliphatic rings. The van der Waals surface area contributed by atoms with Crippen molar-refractivity contribution >= 4 is 11.9 Å². The molecular weight excluding hydrogens is 222 g/mol. The van der Waals surface area contributed by atoms with Crippen LogP contribution in [0.2, 0.25) is 0 Å². The molecule has 0 amide bonds. The molecule has 2 aromatic rings. The minimum atomic E-state index is -0.336. The van der Waals surface area contributed by atoms with Crippen LogP contribution in [0.15, 0.2) is 53.6 Å². The number of halogens is 2. The summed E-state index contributed by atoms with van der Waals surface area (Å²) in [4.78, 5) is 0. The van der Waals surface area contributed by atoms with E-state index in [2.05, 4.69) is 10.5 Å². The zero-order valence-corrected chi connectivity index (χ0v) is 8.90. The van der Waals surface area contributed by atoms with E-state index >= 15 is 0 Å². The summed E-state index contributed by atoms with van der Waals surface area (Å²) in [5, 5.41) is 3.86. The van der Waals surface area contributed by atoms with Gasteiger partial charge >= 0.3 is 0 Å². The fourth-order valence-electron chi connectivity index (χ4n) is 1.28. The molecule has 0 bridgehead atoms. The zero-order chi connectivity index (χ0) is 12.1. The van der Waals surface area contributed by atoms with Gasteiger partial charge in [-0.05, 0) is 30.3 Å². The lowest BCUT2D eigenvalue weighted by molar-refractivity contribution is 0.626. The number of hydrogen-bond acceptors (Lipinski definition) is 2. The maximum atomic E-state index is 13.2. The van der Waals surface area contributed by atoms with E-state index in [9.17, 15) is 8.78 Å². The molecule has 17 heavy (non-hydrogen) atoms. The van der Waals surface area contributed by atoms with Crippen molar-refractivity contribution in [3.05, 3.63) is 65.7 Å². The van der Waals surface area contributed by atoms with E-state index in [-0.39, 0.29) is 11.6 Å². The summed E-state index contributed by atoms with van der Waals surface area (Å²) >= 11 is 0. The summed E-state index contributed by atoms with van der Waals surface area (Å²) in [7, 11) is 0. The minimum absolute atomic E-state index is 0.311. The van der Waals surface area contributed by atoms with Gasteiger partial charge in [-0.3, -0.25) is 5.43 Å². The Hall–Kier alpha value is -2.23. The van der Waals surface area contributed by atoms with Crippen molar-refractivity contribution in [2.24, 2.45) is 5.10 Å². The number of rotatable bonds is 3. The molecule has 86 valence electrons. The molecule has 0 heterocycles. The van der Waals surface area contributed by atoms with Gasteiger partial charge in [0.15, 0.2) is 0 Å². The predicted octanol–water partition coefficient (Wildman–Crippen LogP) is 3.41. The second kappa shape index (κ2) is 5.21. The molecule has 2 aromatic carbocycles. The van der Waals surface area contributed by atoms with Crippen LogP contribution in [0.3, 0.4) is 0 Å². The first-order valence-corrected chi connectivity index (χ1v) is 5.05. The van der Waals surface area contributed by atoms with Crippen molar-refractivity contribution in [2.75, 3.05) is 5.43 Å². The van der Waals surface area contributed by atoms with E-state index in [4.69, 9.17) is 0 Å². The van der Waals surface area contributed by atoms with E-state index in [1.807, 2.05) is 0 Å². The van der Waals surface area contributed by atoms with Crippen LogP contribution in [-0.4, -0.2) is 6.21 Å². The Morgan fingerprint density at radius 1 is 0.941 bits per heavy atom. The van der Waals surface area contributed by atoms with Crippen LogP contribution in [0.1, 0.15) is 5.56 Å². The van der Waals surface area contributed by atoms with Gasteiger partial charge in [0.05, 0.1) is 11.9 Å². The van der Waals surface area contributed by atoms with Crippen molar-refractivity contribution in [1.82, 2.24) is 0 Å². The van der Waals surface area contributed by atoms with E-state index in [1.54, 1.807) is 30.3 Å². The second-order valence-electron chi connectivity index (χ2n) is 3.40. The summed E-state index contributed by atoms with van der Waals surface area (Å²) < 4.78 is 25.8. The Kier molecular flexibility index (Phi) is 3.45. The first-order valence-electron chi connectivity index (χ1n) is 5.05. The number of benzene rings is 2. The summed E-state index contributed by atoms with van der Waals surface area (Å²) in [6.45, 7) is 0. The average Bonchev–Trinajstić information content (AvgIpc) is 2.34. The van der Waals surface area contributed by atoms with E-state index in [0.29, 0.717) is 11.3 Å². The highest BCUT2D eigenvalue weighted by atomic mass is 19.1. The van der Waals surface area contributed by atoms with Crippen LogP contribution in [0.4, 0.5) is 14.5 Å². The molecule has 0 aromatic heterocycles. The van der Waals surface area contributed by atoms with Crippen molar-refractivity contribution in [3.63, 3.8) is 0 Å². The topological polar surface area (TPSA) is 24.4 Å². The van der Waals surface area contributed by atoms with Crippen LogP contribution in [0.25, 0.3) is 0 Å². The molecule has 0 atom stereocenters. The smallest absolute Gasteiger partial charge is 0.132 e. The van der Waals surface area contributed by atoms with Gasteiger partial charge in [-0.15, -0.1) is 0 Å². The Morgan fingerprint density at radius 3 is 2.35 bits per heavy atom. The lowest BCUT2D eigenvalue weighted by Gasteiger charge is -1.99. The molecule has 0 unspecified atom stereocenters. The highest BCUT2D eigenvalue weighted by molar-refractivity contribution is 5.80. The molecular formula is C13H10F2N2. The highest BCUT2D eigenvalue weighted by Crippen LogP contribution is 2.08. The predicted molar refractivity (Wildman–Crippen MR) is 64.0 cm³/mol. The summed E-state index contributed by atoms with van der Waals surface area (Å²) in [6, 6.07) is 12.1. The van der Waals surface area contributed by atoms with Gasteiger partial charge in [0, 0.05) is 5.56 Å². The van der Waals surface area contributed by atoms with Crippen molar-refractivity contribution in [3.8, 4) is 0 Å². The van der Waals surface area contributed by atoms with Crippen LogP contribution in [0.5, 0.6) is 0 Å². The number of hydrogen-bond donors (Lipinski definition) is 1. The van der Waals surface area contributed by atoms with Gasteiger partial charge in [-0.25, -0.2) is 8.78 Å². The van der Waals surface area contributed by atoms with E-state index < -0.39 is 0 Å². The van der Waals surface area contributed by atoms with Crippen LogP contribution in [-0.2, 0) is 0 Å². The lowest BCUT2D eigenvalue weighted by Crippen LogP contribution is -1.92. The maximum Gasteiger partial charge on any atom is 0.132 e. The molecule has 0 saturated carbocycles. The Bertz CT molecular complexity index is 521. The van der Waals surface area contributed by atoms with Crippen LogP contribution >= 0.6 is 0 Å². The molecule has 2 rings (SSSR count). The molecule has 0 spiro atoms. The Morgan fingerprint density at radius 2 is 1.65 bits per heavy atom. The lowest BCUT2D eigenvalue weighted by atomic mass is 10.2. The second-order valence-corrected chi connectivity index (χ2v) is 3.40. The van der Waals surface area contributed by atoms with Crippen LogP contribution in [0, 0.1) is 11.6 Å². The van der Waals surface area contributed by atoms with Crippen molar-refractivity contribution in [1.29, 1.82) is 0 Å². The van der Waals surface area contributed by atoms with Gasteiger partial charge in [-0.1, -0.05) is 18.2 Å². The van der Waals surface area contributed by atoms with Crippen molar-refractivity contribution in [2.45, 2.75) is 0 Å². The standard InChI is InChI=1S/C13H10F2N2/c14-11-5-7-12(8-6-11)17-16-9-10-3-1-2-4-13(10)15/h1-9,17H/b16-9-. The molecule has 0 fully saturated rings. The SMILES string of the molecule is Fc1ccc(N/N=C\c2ccccc2F)cc1. The molecule has 0 aliphatic heterocycles. The van der Waals surface area contributed by atoms with Gasteiger partial charge < -0.3 is 0 Å². The highest BCUT2D eigenvalue weighted by Gasteiger charge is 1.95. The average molecular weight is 232 g/mol. The molecule has 0 aliphatic carbocycles. The van der Waals surface area contributed by atoms with Crippen LogP contribution < -0.4 is 5.43 Å². The molecule has 0 saturated heterocycles. The van der Waals surface area contributed by atoms with E-state index in [1.165, 1.54) is 24.4 Å². The number of hydrazone groups is 1. The molecule has 4 heteroatoms. The third kappa shape index (κ3) is 3.11. The normalized spacial score (nSPS) is 10.7. The van der Waals surface area contributed by atoms with Gasteiger partial charge in [0.2, 0.25) is 0 Å². The number of nitrogens with one attached hydrogen (secondary N) is 1. The molecule has 0 radical (unpaired) electrons. The number of nitrogens with zero attached hydrogens (tertiary/aromatic N) is 1. The van der Waals surface area contributed by atoms with Gasteiger partial charge in [-0.2, -0.15) is 5.10 Å². The molecule has 2 nitrogen and oxygen atoms in total. The van der Waals surface area contributed by atoms with Gasteiger partial charge in [0.1, 0.15) is 11.6 Å². The number of anilines is 1. The summed E-state index contributed by atoms with van der Waals surface area (Å²) in [6.07, 6.45) is 1.37. The third-order valence-corrected chi connectivity index (χ3v) is 2.15. The Labute approximate surface area is 97.6 Å². The monoisotopic (exact) mass is 232 g/mol.